The molecule has 0 aliphatic heterocycles. The Bertz CT molecular complexity index is 1020. The van der Waals surface area contributed by atoms with Crippen LogP contribution in [-0.4, -0.2) is 68.5 Å². The molecule has 2 fully saturated rings. The van der Waals surface area contributed by atoms with Gasteiger partial charge in [-0.25, -0.2) is 0 Å². The van der Waals surface area contributed by atoms with Gasteiger partial charge in [-0.05, 0) is 43.3 Å². The largest absolute Gasteiger partial charge is 0.458 e. The molecular weight excluding hydrogens is 488 g/mol. The van der Waals surface area contributed by atoms with Crippen molar-refractivity contribution in [3.63, 3.8) is 0 Å². The van der Waals surface area contributed by atoms with Gasteiger partial charge in [-0.1, -0.05) is 59.6 Å². The highest BCUT2D eigenvalue weighted by atomic mass is 16.6. The van der Waals surface area contributed by atoms with Crippen molar-refractivity contribution < 1.29 is 39.5 Å². The van der Waals surface area contributed by atoms with Crippen LogP contribution in [0.4, 0.5) is 0 Å². The molecule has 38 heavy (non-hydrogen) atoms. The maximum absolute atomic E-state index is 12.8. The molecule has 4 aliphatic rings. The fourth-order valence-electron chi connectivity index (χ4n) is 8.37. The lowest BCUT2D eigenvalue weighted by atomic mass is 9.58. The summed E-state index contributed by atoms with van der Waals surface area (Å²) in [5.74, 6) is -2.14. The summed E-state index contributed by atoms with van der Waals surface area (Å²) in [6.45, 7) is 11.1. The van der Waals surface area contributed by atoms with Gasteiger partial charge in [0.05, 0.1) is 18.1 Å². The minimum absolute atomic E-state index is 0.166. The molecule has 0 aromatic carbocycles. The van der Waals surface area contributed by atoms with Crippen molar-refractivity contribution in [1.29, 1.82) is 0 Å². The van der Waals surface area contributed by atoms with E-state index in [1.807, 2.05) is 34.6 Å². The van der Waals surface area contributed by atoms with Gasteiger partial charge in [-0.3, -0.25) is 9.59 Å². The van der Waals surface area contributed by atoms with Gasteiger partial charge < -0.3 is 29.9 Å². The molecule has 0 saturated heterocycles. The van der Waals surface area contributed by atoms with Crippen LogP contribution in [0.3, 0.4) is 0 Å². The van der Waals surface area contributed by atoms with Crippen molar-refractivity contribution in [2.75, 3.05) is 6.61 Å². The predicted octanol–water partition coefficient (Wildman–Crippen LogP) is 3.20. The lowest BCUT2D eigenvalue weighted by Crippen LogP contribution is -2.67. The highest BCUT2D eigenvalue weighted by Gasteiger charge is 2.83. The highest BCUT2D eigenvalue weighted by Crippen LogP contribution is 2.76. The molecular formula is C30H46O8. The van der Waals surface area contributed by atoms with Gasteiger partial charge in [-0.2, -0.15) is 0 Å². The van der Waals surface area contributed by atoms with E-state index in [0.717, 1.165) is 12.8 Å². The second kappa shape index (κ2) is 10.0. The lowest BCUT2D eigenvalue weighted by molar-refractivity contribution is -0.225. The summed E-state index contributed by atoms with van der Waals surface area (Å²) in [6.07, 6.45) is 3.45. The minimum Gasteiger partial charge on any atom is -0.458 e. The quantitative estimate of drug-likeness (QED) is 0.201. The molecule has 0 amide bonds. The van der Waals surface area contributed by atoms with Crippen LogP contribution in [-0.2, 0) is 19.1 Å². The standard InChI is InChI=1S/C30H46O8/c1-7-9-10-12-21(32)37-26-17(3)14-28-18(4)15-29(38-22(33)11-8-2)23(27(29,5)6)20(25(28)35)13-19(16-31)24(34)30(26,28)36/h13-14,18,20,23-26,31,34-36H,7-12,15-16H2,1-6H3/t18-,20+,23-,24-,25?,26+,28+,29+,30+/m1/s1. The molecule has 214 valence electrons. The Morgan fingerprint density at radius 3 is 2.37 bits per heavy atom. The molecule has 0 radical (unpaired) electrons. The van der Waals surface area contributed by atoms with Crippen molar-refractivity contribution in [2.45, 2.75) is 116 Å². The van der Waals surface area contributed by atoms with Gasteiger partial charge in [0.2, 0.25) is 0 Å². The molecule has 2 saturated carbocycles. The first-order valence-corrected chi connectivity index (χ1v) is 14.3. The second-order valence-electron chi connectivity index (χ2n) is 12.7. The molecule has 8 heteroatoms. The molecule has 0 heterocycles. The van der Waals surface area contributed by atoms with Crippen molar-refractivity contribution in [3.05, 3.63) is 23.3 Å². The fourth-order valence-corrected chi connectivity index (χ4v) is 8.37. The second-order valence-corrected chi connectivity index (χ2v) is 12.7. The first-order chi connectivity index (χ1) is 17.8. The van der Waals surface area contributed by atoms with Gasteiger partial charge >= 0.3 is 11.9 Å². The van der Waals surface area contributed by atoms with E-state index in [9.17, 15) is 30.0 Å². The number of hydrogen-bond donors (Lipinski definition) is 4. The number of aliphatic hydroxyl groups excluding tert-OH is 3. The Morgan fingerprint density at radius 1 is 1.08 bits per heavy atom. The Morgan fingerprint density at radius 2 is 1.76 bits per heavy atom. The van der Waals surface area contributed by atoms with Crippen molar-refractivity contribution in [3.8, 4) is 0 Å². The van der Waals surface area contributed by atoms with Gasteiger partial charge in [0.25, 0.3) is 0 Å². The van der Waals surface area contributed by atoms with Crippen LogP contribution in [0.15, 0.2) is 23.3 Å². The molecule has 8 nitrogen and oxygen atoms in total. The zero-order valence-electron chi connectivity index (χ0n) is 23.7. The van der Waals surface area contributed by atoms with Crippen LogP contribution in [0, 0.1) is 28.6 Å². The summed E-state index contributed by atoms with van der Waals surface area (Å²) < 4.78 is 12.1. The van der Waals surface area contributed by atoms with E-state index in [-0.39, 0.29) is 30.3 Å². The molecule has 4 N–H and O–H groups in total. The molecule has 1 spiro atoms. The number of carbonyl (C=O) groups is 2. The first kappa shape index (κ1) is 29.2. The number of fused-ring (bicyclic) bond motifs is 3. The summed E-state index contributed by atoms with van der Waals surface area (Å²) in [7, 11) is 0. The smallest absolute Gasteiger partial charge is 0.306 e. The molecule has 2 bridgehead atoms. The van der Waals surface area contributed by atoms with Crippen molar-refractivity contribution in [2.24, 2.45) is 28.6 Å². The first-order valence-electron chi connectivity index (χ1n) is 14.3. The number of aliphatic hydroxyl groups is 4. The van der Waals surface area contributed by atoms with Gasteiger partial charge in [0, 0.05) is 30.1 Å². The number of unbranched alkanes of at least 4 members (excludes halogenated alkanes) is 2. The van der Waals surface area contributed by atoms with E-state index < -0.39 is 64.8 Å². The van der Waals surface area contributed by atoms with Crippen molar-refractivity contribution >= 4 is 11.9 Å². The van der Waals surface area contributed by atoms with E-state index in [1.165, 1.54) is 0 Å². The minimum atomic E-state index is -2.12. The Labute approximate surface area is 226 Å². The third-order valence-electron chi connectivity index (χ3n) is 10.3. The molecule has 9 atom stereocenters. The third-order valence-corrected chi connectivity index (χ3v) is 10.3. The SMILES string of the molecule is CCCCCC(=O)O[C@H]1C(C)=C[C@]23C(O)[C@@H](C=C(CO)[C@@H](O)[C@]12O)[C@@H]1C(C)(C)[C@]1(OC(=O)CCC)C[C@H]3C. The number of hydrogen-bond acceptors (Lipinski definition) is 8. The van der Waals surface area contributed by atoms with E-state index >= 15 is 0 Å². The molecule has 0 aromatic rings. The molecule has 4 rings (SSSR count). The summed E-state index contributed by atoms with van der Waals surface area (Å²) in [5, 5.41) is 46.7. The Kier molecular flexibility index (Phi) is 7.71. The van der Waals surface area contributed by atoms with Crippen LogP contribution in [0.1, 0.15) is 86.5 Å². The normalized spacial score (nSPS) is 42.6. The van der Waals surface area contributed by atoms with Crippen LogP contribution < -0.4 is 0 Å². The zero-order valence-corrected chi connectivity index (χ0v) is 23.7. The third kappa shape index (κ3) is 3.85. The Balaban J connectivity index is 1.82. The van der Waals surface area contributed by atoms with Gasteiger partial charge in [0.15, 0.2) is 6.10 Å². The Hall–Kier alpha value is -1.74. The van der Waals surface area contributed by atoms with Gasteiger partial charge in [-0.15, -0.1) is 0 Å². The number of ether oxygens (including phenoxy) is 2. The average Bonchev–Trinajstić information content (AvgIpc) is 3.24. The lowest BCUT2D eigenvalue weighted by Gasteiger charge is -2.52. The summed E-state index contributed by atoms with van der Waals surface area (Å²) in [6, 6.07) is 0. The van der Waals surface area contributed by atoms with Crippen molar-refractivity contribution in [1.82, 2.24) is 0 Å². The topological polar surface area (TPSA) is 134 Å². The van der Waals surface area contributed by atoms with Gasteiger partial charge in [0.1, 0.15) is 17.3 Å². The summed E-state index contributed by atoms with van der Waals surface area (Å²) in [4.78, 5) is 25.6. The van der Waals surface area contributed by atoms with E-state index in [2.05, 4.69) is 0 Å². The summed E-state index contributed by atoms with van der Waals surface area (Å²) in [5.41, 5.74) is -4.15. The maximum atomic E-state index is 12.8. The van der Waals surface area contributed by atoms with Crippen LogP contribution in [0.25, 0.3) is 0 Å². The number of carbonyl (C=O) groups excluding carboxylic acids is 2. The summed E-state index contributed by atoms with van der Waals surface area (Å²) >= 11 is 0. The fraction of sp³-hybridized carbons (Fsp3) is 0.800. The van der Waals surface area contributed by atoms with Crippen LogP contribution >= 0.6 is 0 Å². The van der Waals surface area contributed by atoms with E-state index in [4.69, 9.17) is 9.47 Å². The predicted molar refractivity (Wildman–Crippen MR) is 141 cm³/mol. The number of esters is 2. The average molecular weight is 535 g/mol. The van der Waals surface area contributed by atoms with E-state index in [0.29, 0.717) is 24.8 Å². The monoisotopic (exact) mass is 534 g/mol. The molecule has 0 aromatic heterocycles. The zero-order chi connectivity index (χ0) is 28.3. The van der Waals surface area contributed by atoms with Crippen LogP contribution in [0.2, 0.25) is 0 Å². The van der Waals surface area contributed by atoms with Crippen LogP contribution in [0.5, 0.6) is 0 Å². The molecule has 1 unspecified atom stereocenters. The molecule has 4 aliphatic carbocycles. The number of rotatable bonds is 9. The van der Waals surface area contributed by atoms with E-state index in [1.54, 1.807) is 19.1 Å². The maximum Gasteiger partial charge on any atom is 0.306 e. The highest BCUT2D eigenvalue weighted by molar-refractivity contribution is 5.71.